The predicted molar refractivity (Wildman–Crippen MR) is 66.4 cm³/mol. The van der Waals surface area contributed by atoms with Crippen LogP contribution in [0, 0.1) is 5.92 Å². The monoisotopic (exact) mass is 226 g/mol. The van der Waals surface area contributed by atoms with Crippen molar-refractivity contribution in [3.05, 3.63) is 0 Å². The third kappa shape index (κ3) is 2.76. The number of nitrogens with two attached hydrogens (primary N) is 1. The molecule has 3 nitrogen and oxygen atoms in total. The second-order valence-electron chi connectivity index (χ2n) is 5.27. The van der Waals surface area contributed by atoms with Crippen molar-refractivity contribution in [2.24, 2.45) is 11.7 Å². The van der Waals surface area contributed by atoms with Crippen LogP contribution in [-0.2, 0) is 4.74 Å². The Hall–Kier alpha value is -0.120. The van der Waals surface area contributed by atoms with Gasteiger partial charge in [0, 0.05) is 25.7 Å². The molecule has 94 valence electrons. The van der Waals surface area contributed by atoms with Gasteiger partial charge in [-0.15, -0.1) is 0 Å². The molecule has 0 aromatic rings. The number of ether oxygens (including phenoxy) is 1. The molecule has 3 atom stereocenters. The SMILES string of the molecule is CCC1CCCN(C(CN)C2CCCO2)C1. The average molecular weight is 226 g/mol. The summed E-state index contributed by atoms with van der Waals surface area (Å²) < 4.78 is 5.81. The van der Waals surface area contributed by atoms with E-state index in [-0.39, 0.29) is 0 Å². The minimum atomic E-state index is 0.403. The third-order valence-corrected chi connectivity index (χ3v) is 4.23. The Labute approximate surface area is 99.3 Å². The van der Waals surface area contributed by atoms with Crippen molar-refractivity contribution in [2.75, 3.05) is 26.2 Å². The number of hydrogen-bond acceptors (Lipinski definition) is 3. The summed E-state index contributed by atoms with van der Waals surface area (Å²) in [5.74, 6) is 0.879. The first-order valence-electron chi connectivity index (χ1n) is 6.90. The lowest BCUT2D eigenvalue weighted by Crippen LogP contribution is -2.51. The van der Waals surface area contributed by atoms with Crippen molar-refractivity contribution in [1.82, 2.24) is 4.90 Å². The minimum absolute atomic E-state index is 0.403. The molecule has 0 bridgehead atoms. The first-order valence-corrected chi connectivity index (χ1v) is 6.90. The first-order chi connectivity index (χ1) is 7.85. The molecule has 0 saturated carbocycles. The number of nitrogens with zero attached hydrogens (tertiary/aromatic N) is 1. The summed E-state index contributed by atoms with van der Waals surface area (Å²) in [5.41, 5.74) is 5.95. The highest BCUT2D eigenvalue weighted by molar-refractivity contribution is 4.86. The fourth-order valence-electron chi connectivity index (χ4n) is 3.17. The highest BCUT2D eigenvalue weighted by Crippen LogP contribution is 2.25. The molecule has 0 aromatic carbocycles. The summed E-state index contributed by atoms with van der Waals surface area (Å²) in [6.45, 7) is 6.45. The quantitative estimate of drug-likeness (QED) is 0.791. The Balaban J connectivity index is 1.91. The van der Waals surface area contributed by atoms with Crippen LogP contribution in [0.2, 0.25) is 0 Å². The Morgan fingerprint density at radius 2 is 2.25 bits per heavy atom. The van der Waals surface area contributed by atoms with E-state index >= 15 is 0 Å². The Kier molecular flexibility index (Phi) is 4.62. The lowest BCUT2D eigenvalue weighted by atomic mass is 9.93. The number of likely N-dealkylation sites (tertiary alicyclic amines) is 1. The van der Waals surface area contributed by atoms with Gasteiger partial charge in [0.25, 0.3) is 0 Å². The molecular formula is C13H26N2O. The van der Waals surface area contributed by atoms with E-state index in [0.29, 0.717) is 12.1 Å². The van der Waals surface area contributed by atoms with Crippen molar-refractivity contribution in [3.63, 3.8) is 0 Å². The summed E-state index contributed by atoms with van der Waals surface area (Å²) in [5, 5.41) is 0. The van der Waals surface area contributed by atoms with Crippen LogP contribution in [-0.4, -0.2) is 43.3 Å². The van der Waals surface area contributed by atoms with Gasteiger partial charge in [-0.25, -0.2) is 0 Å². The van der Waals surface area contributed by atoms with Gasteiger partial charge in [0.1, 0.15) is 0 Å². The molecule has 3 heteroatoms. The number of piperidine rings is 1. The molecule has 2 aliphatic heterocycles. The minimum Gasteiger partial charge on any atom is -0.377 e. The van der Waals surface area contributed by atoms with Crippen LogP contribution in [0.15, 0.2) is 0 Å². The molecule has 2 rings (SSSR count). The zero-order valence-electron chi connectivity index (χ0n) is 10.5. The van der Waals surface area contributed by atoms with E-state index in [4.69, 9.17) is 10.5 Å². The highest BCUT2D eigenvalue weighted by Gasteiger charge is 2.32. The van der Waals surface area contributed by atoms with E-state index in [1.165, 1.54) is 45.2 Å². The lowest BCUT2D eigenvalue weighted by Gasteiger charge is -2.39. The maximum atomic E-state index is 5.95. The van der Waals surface area contributed by atoms with Gasteiger partial charge in [-0.2, -0.15) is 0 Å². The van der Waals surface area contributed by atoms with Crippen LogP contribution in [0.5, 0.6) is 0 Å². The van der Waals surface area contributed by atoms with E-state index in [9.17, 15) is 0 Å². The molecule has 2 saturated heterocycles. The maximum absolute atomic E-state index is 5.95. The molecule has 0 amide bonds. The zero-order chi connectivity index (χ0) is 11.4. The van der Waals surface area contributed by atoms with Gasteiger partial charge < -0.3 is 10.5 Å². The van der Waals surface area contributed by atoms with Gasteiger partial charge in [0.05, 0.1) is 6.10 Å². The summed E-state index contributed by atoms with van der Waals surface area (Å²) >= 11 is 0. The van der Waals surface area contributed by atoms with Gasteiger partial charge in [-0.05, 0) is 38.1 Å². The van der Waals surface area contributed by atoms with Crippen LogP contribution in [0.1, 0.15) is 39.0 Å². The van der Waals surface area contributed by atoms with Crippen molar-refractivity contribution in [2.45, 2.75) is 51.2 Å². The largest absolute Gasteiger partial charge is 0.377 e. The second-order valence-corrected chi connectivity index (χ2v) is 5.27. The van der Waals surface area contributed by atoms with Gasteiger partial charge in [-0.1, -0.05) is 13.3 Å². The summed E-state index contributed by atoms with van der Waals surface area (Å²) in [6.07, 6.45) is 6.86. The second kappa shape index (κ2) is 5.99. The van der Waals surface area contributed by atoms with E-state index in [0.717, 1.165) is 19.1 Å². The Bertz CT molecular complexity index is 204. The van der Waals surface area contributed by atoms with Crippen LogP contribution in [0.25, 0.3) is 0 Å². The van der Waals surface area contributed by atoms with Crippen LogP contribution < -0.4 is 5.73 Å². The standard InChI is InChI=1S/C13H26N2O/c1-2-11-5-3-7-15(10-11)12(9-14)13-6-4-8-16-13/h11-13H,2-10,14H2,1H3. The topological polar surface area (TPSA) is 38.5 Å². The van der Waals surface area contributed by atoms with Crippen molar-refractivity contribution >= 4 is 0 Å². The summed E-state index contributed by atoms with van der Waals surface area (Å²) in [7, 11) is 0. The van der Waals surface area contributed by atoms with Gasteiger partial charge in [0.2, 0.25) is 0 Å². The molecule has 2 heterocycles. The highest BCUT2D eigenvalue weighted by atomic mass is 16.5. The first kappa shape index (κ1) is 12.3. The fraction of sp³-hybridized carbons (Fsp3) is 1.00. The van der Waals surface area contributed by atoms with Crippen LogP contribution in [0.3, 0.4) is 0 Å². The van der Waals surface area contributed by atoms with Crippen LogP contribution >= 0.6 is 0 Å². The Morgan fingerprint density at radius 1 is 1.38 bits per heavy atom. The third-order valence-electron chi connectivity index (χ3n) is 4.23. The van der Waals surface area contributed by atoms with E-state index < -0.39 is 0 Å². The van der Waals surface area contributed by atoms with Gasteiger partial charge >= 0.3 is 0 Å². The summed E-state index contributed by atoms with van der Waals surface area (Å²) in [4.78, 5) is 2.59. The molecule has 2 N–H and O–H groups in total. The average Bonchev–Trinajstić information content (AvgIpc) is 2.84. The van der Waals surface area contributed by atoms with Crippen molar-refractivity contribution in [3.8, 4) is 0 Å². The maximum Gasteiger partial charge on any atom is 0.0743 e. The lowest BCUT2D eigenvalue weighted by molar-refractivity contribution is 0.00933. The van der Waals surface area contributed by atoms with E-state index in [2.05, 4.69) is 11.8 Å². The molecule has 2 aliphatic rings. The van der Waals surface area contributed by atoms with Gasteiger partial charge in [-0.3, -0.25) is 4.90 Å². The smallest absolute Gasteiger partial charge is 0.0743 e. The summed E-state index contributed by atoms with van der Waals surface area (Å²) in [6, 6.07) is 0.469. The van der Waals surface area contributed by atoms with Crippen molar-refractivity contribution in [1.29, 1.82) is 0 Å². The zero-order valence-corrected chi connectivity index (χ0v) is 10.5. The van der Waals surface area contributed by atoms with E-state index in [1.807, 2.05) is 0 Å². The molecule has 0 radical (unpaired) electrons. The number of hydrogen-bond donors (Lipinski definition) is 1. The van der Waals surface area contributed by atoms with E-state index in [1.54, 1.807) is 0 Å². The molecule has 0 aromatic heterocycles. The molecule has 0 spiro atoms. The van der Waals surface area contributed by atoms with Crippen LogP contribution in [0.4, 0.5) is 0 Å². The van der Waals surface area contributed by atoms with Crippen molar-refractivity contribution < 1.29 is 4.74 Å². The molecule has 3 unspecified atom stereocenters. The Morgan fingerprint density at radius 3 is 2.88 bits per heavy atom. The van der Waals surface area contributed by atoms with Gasteiger partial charge in [0.15, 0.2) is 0 Å². The molecule has 2 fully saturated rings. The molecule has 16 heavy (non-hydrogen) atoms. The molecule has 0 aliphatic carbocycles. The molecular weight excluding hydrogens is 200 g/mol. The predicted octanol–water partition coefficient (Wildman–Crippen LogP) is 1.61. The normalized spacial score (nSPS) is 34.1. The fourth-order valence-corrected chi connectivity index (χ4v) is 3.17. The number of rotatable bonds is 4.